The van der Waals surface area contributed by atoms with Gasteiger partial charge in [-0.3, -0.25) is 9.78 Å². The van der Waals surface area contributed by atoms with Gasteiger partial charge in [0.05, 0.1) is 30.6 Å². The van der Waals surface area contributed by atoms with Crippen molar-refractivity contribution < 1.29 is 19.0 Å². The van der Waals surface area contributed by atoms with Crippen molar-refractivity contribution in [3.63, 3.8) is 0 Å². The first-order chi connectivity index (χ1) is 14.2. The molecule has 0 spiro atoms. The standard InChI is InChI=1S/C21H24N4O4/c1-2-6-27-13-20-24-10-15(11-25-20)17-4-5-19-18(9-16(22)12-23-19)21(17)29-8-3-7-28-14-26/h4-5,9-12,14H,2-3,6-8,13,22H2,1H3. The zero-order valence-electron chi connectivity index (χ0n) is 16.3. The number of ether oxygens (including phenoxy) is 3. The number of pyridine rings is 1. The highest BCUT2D eigenvalue weighted by Crippen LogP contribution is 2.36. The Balaban J connectivity index is 1.89. The normalized spacial score (nSPS) is 10.8. The summed E-state index contributed by atoms with van der Waals surface area (Å²) in [5, 5.41) is 0.800. The van der Waals surface area contributed by atoms with E-state index >= 15 is 0 Å². The van der Waals surface area contributed by atoms with Crippen molar-refractivity contribution in [2.75, 3.05) is 25.6 Å². The zero-order chi connectivity index (χ0) is 20.5. The van der Waals surface area contributed by atoms with Crippen LogP contribution in [0.2, 0.25) is 0 Å². The lowest BCUT2D eigenvalue weighted by molar-refractivity contribution is -0.128. The summed E-state index contributed by atoms with van der Waals surface area (Å²) in [6.07, 6.45) is 6.62. The first-order valence-electron chi connectivity index (χ1n) is 9.48. The maximum atomic E-state index is 10.3. The Kier molecular flexibility index (Phi) is 7.29. The Hall–Kier alpha value is -3.26. The molecule has 0 saturated carbocycles. The number of fused-ring (bicyclic) bond motifs is 1. The number of anilines is 1. The highest BCUT2D eigenvalue weighted by atomic mass is 16.5. The van der Waals surface area contributed by atoms with Gasteiger partial charge in [-0.1, -0.05) is 6.92 Å². The van der Waals surface area contributed by atoms with Crippen LogP contribution in [0.25, 0.3) is 22.0 Å². The smallest absolute Gasteiger partial charge is 0.293 e. The van der Waals surface area contributed by atoms with Crippen molar-refractivity contribution in [2.45, 2.75) is 26.4 Å². The molecule has 8 nitrogen and oxygen atoms in total. The van der Waals surface area contributed by atoms with E-state index < -0.39 is 0 Å². The second kappa shape index (κ2) is 10.3. The lowest BCUT2D eigenvalue weighted by Gasteiger charge is -2.15. The van der Waals surface area contributed by atoms with Gasteiger partial charge in [-0.05, 0) is 24.6 Å². The van der Waals surface area contributed by atoms with Crippen LogP contribution >= 0.6 is 0 Å². The molecule has 0 aliphatic heterocycles. The van der Waals surface area contributed by atoms with Gasteiger partial charge in [0.1, 0.15) is 12.4 Å². The van der Waals surface area contributed by atoms with Crippen LogP contribution in [0, 0.1) is 0 Å². The molecule has 0 unspecified atom stereocenters. The van der Waals surface area contributed by atoms with Gasteiger partial charge in [-0.25, -0.2) is 9.97 Å². The van der Waals surface area contributed by atoms with Gasteiger partial charge in [0.15, 0.2) is 5.82 Å². The lowest BCUT2D eigenvalue weighted by atomic mass is 10.0. The monoisotopic (exact) mass is 396 g/mol. The third-order valence-electron chi connectivity index (χ3n) is 4.15. The average molecular weight is 396 g/mol. The van der Waals surface area contributed by atoms with E-state index in [1.807, 2.05) is 18.2 Å². The Morgan fingerprint density at radius 1 is 1.07 bits per heavy atom. The van der Waals surface area contributed by atoms with Crippen LogP contribution in [0.5, 0.6) is 5.75 Å². The van der Waals surface area contributed by atoms with Crippen LogP contribution < -0.4 is 10.5 Å². The van der Waals surface area contributed by atoms with Gasteiger partial charge in [-0.15, -0.1) is 0 Å². The third kappa shape index (κ3) is 5.39. The fraction of sp³-hybridized carbons (Fsp3) is 0.333. The van der Waals surface area contributed by atoms with E-state index in [-0.39, 0.29) is 0 Å². The summed E-state index contributed by atoms with van der Waals surface area (Å²) >= 11 is 0. The van der Waals surface area contributed by atoms with Gasteiger partial charge < -0.3 is 19.9 Å². The van der Waals surface area contributed by atoms with E-state index in [1.165, 1.54) is 0 Å². The molecule has 8 heteroatoms. The van der Waals surface area contributed by atoms with Gasteiger partial charge >= 0.3 is 0 Å². The Morgan fingerprint density at radius 2 is 1.90 bits per heavy atom. The van der Waals surface area contributed by atoms with Crippen LogP contribution in [0.15, 0.2) is 36.8 Å². The fourth-order valence-electron chi connectivity index (χ4n) is 2.81. The Morgan fingerprint density at radius 3 is 2.66 bits per heavy atom. The first-order valence-corrected chi connectivity index (χ1v) is 9.48. The van der Waals surface area contributed by atoms with Crippen molar-refractivity contribution in [3.05, 3.63) is 42.6 Å². The van der Waals surface area contributed by atoms with Gasteiger partial charge in [-0.2, -0.15) is 0 Å². The minimum atomic E-state index is 0.291. The molecule has 0 saturated heterocycles. The number of carbonyl (C=O) groups is 1. The van der Waals surface area contributed by atoms with Crippen LogP contribution in [-0.4, -0.2) is 41.2 Å². The van der Waals surface area contributed by atoms with Crippen LogP contribution in [-0.2, 0) is 20.9 Å². The molecule has 0 atom stereocenters. The van der Waals surface area contributed by atoms with Gasteiger partial charge in [0, 0.05) is 41.9 Å². The van der Waals surface area contributed by atoms with Crippen molar-refractivity contribution in [2.24, 2.45) is 0 Å². The number of nitrogen functional groups attached to an aromatic ring is 1. The quantitative estimate of drug-likeness (QED) is 0.389. The molecule has 0 aliphatic rings. The zero-order valence-corrected chi connectivity index (χ0v) is 16.3. The maximum absolute atomic E-state index is 10.3. The number of nitrogens with two attached hydrogens (primary N) is 1. The van der Waals surface area contributed by atoms with E-state index in [9.17, 15) is 4.79 Å². The number of hydrogen-bond donors (Lipinski definition) is 1. The van der Waals surface area contributed by atoms with Gasteiger partial charge in [0.2, 0.25) is 0 Å². The number of rotatable bonds is 11. The van der Waals surface area contributed by atoms with Crippen molar-refractivity contribution in [3.8, 4) is 16.9 Å². The van der Waals surface area contributed by atoms with E-state index in [2.05, 4.69) is 21.9 Å². The van der Waals surface area contributed by atoms with Gasteiger partial charge in [0.25, 0.3) is 6.47 Å². The summed E-state index contributed by atoms with van der Waals surface area (Å²) in [7, 11) is 0. The number of hydrogen-bond acceptors (Lipinski definition) is 8. The molecule has 152 valence electrons. The summed E-state index contributed by atoms with van der Waals surface area (Å²) < 4.78 is 16.3. The second-order valence-corrected chi connectivity index (χ2v) is 6.39. The third-order valence-corrected chi connectivity index (χ3v) is 4.15. The average Bonchev–Trinajstić information content (AvgIpc) is 2.74. The van der Waals surface area contributed by atoms with Crippen molar-refractivity contribution in [1.82, 2.24) is 15.0 Å². The maximum Gasteiger partial charge on any atom is 0.293 e. The molecule has 0 bridgehead atoms. The molecule has 0 radical (unpaired) electrons. The van der Waals surface area contributed by atoms with E-state index in [1.54, 1.807) is 18.6 Å². The summed E-state index contributed by atoms with van der Waals surface area (Å²) in [6.45, 7) is 4.20. The molecule has 0 amide bonds. The van der Waals surface area contributed by atoms with E-state index in [4.69, 9.17) is 19.9 Å². The predicted molar refractivity (Wildman–Crippen MR) is 109 cm³/mol. The first kappa shape index (κ1) is 20.5. The second-order valence-electron chi connectivity index (χ2n) is 6.39. The molecule has 2 N–H and O–H groups in total. The molecule has 0 fully saturated rings. The lowest BCUT2D eigenvalue weighted by Crippen LogP contribution is -2.05. The molecular weight excluding hydrogens is 372 g/mol. The summed E-state index contributed by atoms with van der Waals surface area (Å²) in [5.41, 5.74) is 8.90. The minimum Gasteiger partial charge on any atom is -0.492 e. The SMILES string of the molecule is CCCOCc1ncc(-c2ccc3ncc(N)cc3c2OCCCOC=O)cn1. The number of nitrogens with zero attached hydrogens (tertiary/aromatic N) is 3. The summed E-state index contributed by atoms with van der Waals surface area (Å²) in [4.78, 5) is 23.4. The topological polar surface area (TPSA) is 109 Å². The molecule has 29 heavy (non-hydrogen) atoms. The Labute approximate surface area is 169 Å². The molecule has 3 rings (SSSR count). The number of benzene rings is 1. The summed E-state index contributed by atoms with van der Waals surface area (Å²) in [6, 6.07) is 5.66. The number of carbonyl (C=O) groups excluding carboxylic acids is 1. The molecule has 3 aromatic rings. The molecule has 2 heterocycles. The summed E-state index contributed by atoms with van der Waals surface area (Å²) in [5.74, 6) is 1.27. The van der Waals surface area contributed by atoms with Crippen LogP contribution in [0.3, 0.4) is 0 Å². The highest BCUT2D eigenvalue weighted by molar-refractivity contribution is 5.94. The molecule has 0 aliphatic carbocycles. The minimum absolute atomic E-state index is 0.291. The predicted octanol–water partition coefficient (Wildman–Crippen LogP) is 3.14. The van der Waals surface area contributed by atoms with Crippen LogP contribution in [0.1, 0.15) is 25.6 Å². The largest absolute Gasteiger partial charge is 0.492 e. The van der Waals surface area contributed by atoms with E-state index in [0.717, 1.165) is 28.5 Å². The van der Waals surface area contributed by atoms with E-state index in [0.29, 0.717) is 56.6 Å². The molecule has 1 aromatic carbocycles. The molecular formula is C21H24N4O4. The fourth-order valence-corrected chi connectivity index (χ4v) is 2.81. The van der Waals surface area contributed by atoms with Crippen molar-refractivity contribution in [1.29, 1.82) is 0 Å². The van der Waals surface area contributed by atoms with Crippen molar-refractivity contribution >= 4 is 23.1 Å². The number of aromatic nitrogens is 3. The van der Waals surface area contributed by atoms with Crippen LogP contribution in [0.4, 0.5) is 5.69 Å². The molecule has 2 aromatic heterocycles. The highest BCUT2D eigenvalue weighted by Gasteiger charge is 2.13. The Bertz CT molecular complexity index is 947.